The highest BCUT2D eigenvalue weighted by Crippen LogP contribution is 2.18. The Morgan fingerprint density at radius 1 is 1.00 bits per heavy atom. The number of carbonyl (C=O) groups excluding carboxylic acids is 3. The van der Waals surface area contributed by atoms with Crippen LogP contribution in [0.4, 0.5) is 4.39 Å². The van der Waals surface area contributed by atoms with Crippen LogP contribution < -0.4 is 5.32 Å². The van der Waals surface area contributed by atoms with Gasteiger partial charge in [0, 0.05) is 11.1 Å². The number of benzene rings is 2. The first kappa shape index (κ1) is 17.9. The van der Waals surface area contributed by atoms with Crippen LogP contribution in [0.3, 0.4) is 0 Å². The molecule has 0 saturated carbocycles. The van der Waals surface area contributed by atoms with E-state index in [0.29, 0.717) is 24.1 Å². The minimum Gasteiger partial charge on any atom is -0.293 e. The number of hydrogen-bond donors (Lipinski definition) is 1. The lowest BCUT2D eigenvalue weighted by atomic mass is 10.1. The highest BCUT2D eigenvalue weighted by molar-refractivity contribution is 6.06. The second-order valence-electron chi connectivity index (χ2n) is 6.24. The predicted octanol–water partition coefficient (Wildman–Crippen LogP) is 2.43. The summed E-state index contributed by atoms with van der Waals surface area (Å²) in [7, 11) is 0. The smallest absolute Gasteiger partial charge is 0.257 e. The van der Waals surface area contributed by atoms with Crippen LogP contribution in [0, 0.1) is 5.82 Å². The number of hydrogen-bond acceptors (Lipinski definition) is 4. The number of rotatable bonds is 5. The Morgan fingerprint density at radius 2 is 1.69 bits per heavy atom. The Bertz CT molecular complexity index is 806. The quantitative estimate of drug-likeness (QED) is 0.662. The Balaban J connectivity index is 1.62. The average Bonchev–Trinajstić information content (AvgIpc) is 3.11. The molecule has 1 N–H and O–H groups in total. The van der Waals surface area contributed by atoms with Gasteiger partial charge in [-0.05, 0) is 55.8 Å². The molecule has 2 aromatic carbocycles. The summed E-state index contributed by atoms with van der Waals surface area (Å²) in [5.74, 6) is -1.44. The summed E-state index contributed by atoms with van der Waals surface area (Å²) in [4.78, 5) is 38.7. The second kappa shape index (κ2) is 8.01. The van der Waals surface area contributed by atoms with Gasteiger partial charge in [-0.2, -0.15) is 0 Å². The zero-order valence-electron chi connectivity index (χ0n) is 14.2. The Kier molecular flexibility index (Phi) is 5.53. The van der Waals surface area contributed by atoms with E-state index in [1.807, 2.05) is 0 Å². The molecule has 1 heterocycles. The molecule has 1 atom stereocenters. The molecule has 0 bridgehead atoms. The molecule has 1 aliphatic rings. The molecule has 6 heteroatoms. The number of carbonyl (C=O) groups is 3. The van der Waals surface area contributed by atoms with Gasteiger partial charge < -0.3 is 0 Å². The molecule has 1 saturated heterocycles. The van der Waals surface area contributed by atoms with Crippen LogP contribution in [0.15, 0.2) is 54.6 Å². The summed E-state index contributed by atoms with van der Waals surface area (Å²) >= 11 is 0. The lowest BCUT2D eigenvalue weighted by Gasteiger charge is -2.22. The van der Waals surface area contributed by atoms with E-state index in [4.69, 9.17) is 0 Å². The van der Waals surface area contributed by atoms with Gasteiger partial charge in [-0.3, -0.25) is 24.6 Å². The fourth-order valence-corrected chi connectivity index (χ4v) is 3.08. The number of imide groups is 1. The zero-order valence-corrected chi connectivity index (χ0v) is 14.2. The van der Waals surface area contributed by atoms with Crippen LogP contribution in [0.25, 0.3) is 0 Å². The summed E-state index contributed by atoms with van der Waals surface area (Å²) in [5.41, 5.74) is 0.811. The van der Waals surface area contributed by atoms with Gasteiger partial charge in [0.1, 0.15) is 5.82 Å². The number of nitrogens with zero attached hydrogens (tertiary/aromatic N) is 1. The van der Waals surface area contributed by atoms with E-state index < -0.39 is 23.7 Å². The maximum absolute atomic E-state index is 13.0. The lowest BCUT2D eigenvalue weighted by molar-refractivity contribution is -0.124. The third-order valence-electron chi connectivity index (χ3n) is 4.45. The van der Waals surface area contributed by atoms with Crippen molar-refractivity contribution in [2.45, 2.75) is 18.9 Å². The van der Waals surface area contributed by atoms with E-state index in [1.54, 1.807) is 35.2 Å². The molecule has 1 fully saturated rings. The monoisotopic (exact) mass is 354 g/mol. The van der Waals surface area contributed by atoms with Gasteiger partial charge in [0.15, 0.2) is 5.78 Å². The van der Waals surface area contributed by atoms with Crippen LogP contribution in [-0.2, 0) is 4.79 Å². The lowest BCUT2D eigenvalue weighted by Crippen LogP contribution is -2.46. The van der Waals surface area contributed by atoms with Gasteiger partial charge in [0.05, 0.1) is 12.6 Å². The number of amides is 2. The average molecular weight is 354 g/mol. The number of likely N-dealkylation sites (tertiary alicyclic amines) is 1. The molecule has 2 aromatic rings. The van der Waals surface area contributed by atoms with Gasteiger partial charge in [0.2, 0.25) is 5.91 Å². The Labute approximate surface area is 150 Å². The third kappa shape index (κ3) is 4.21. The van der Waals surface area contributed by atoms with E-state index in [9.17, 15) is 18.8 Å². The molecular weight excluding hydrogens is 335 g/mol. The largest absolute Gasteiger partial charge is 0.293 e. The molecule has 2 amide bonds. The van der Waals surface area contributed by atoms with Crippen LogP contribution in [0.1, 0.15) is 33.6 Å². The van der Waals surface area contributed by atoms with Crippen LogP contribution in [0.5, 0.6) is 0 Å². The van der Waals surface area contributed by atoms with Crippen molar-refractivity contribution < 1.29 is 18.8 Å². The number of Topliss-reactive ketones (excluding diaryl/α,β-unsaturated/α-hetero) is 1. The van der Waals surface area contributed by atoms with Gasteiger partial charge in [0.25, 0.3) is 5.91 Å². The maximum atomic E-state index is 13.0. The number of halogens is 1. The standard InChI is InChI=1S/C20H19FN2O3/c21-16-10-8-14(9-11-16)18(24)13-23-12-4-7-17(23)20(26)22-19(25)15-5-2-1-3-6-15/h1-3,5-6,8-11,17H,4,7,12-13H2,(H,22,25,26)/t17-/m1/s1. The first-order valence-electron chi connectivity index (χ1n) is 8.47. The number of nitrogens with one attached hydrogen (secondary N) is 1. The van der Waals surface area contributed by atoms with Crippen molar-refractivity contribution in [1.29, 1.82) is 0 Å². The fourth-order valence-electron chi connectivity index (χ4n) is 3.08. The summed E-state index contributed by atoms with van der Waals surface area (Å²) in [6.45, 7) is 0.661. The van der Waals surface area contributed by atoms with Crippen molar-refractivity contribution in [2.24, 2.45) is 0 Å². The van der Waals surface area contributed by atoms with Crippen LogP contribution in [0.2, 0.25) is 0 Å². The molecule has 3 rings (SSSR count). The van der Waals surface area contributed by atoms with Crippen molar-refractivity contribution in [3.05, 3.63) is 71.5 Å². The molecule has 0 spiro atoms. The van der Waals surface area contributed by atoms with Crippen LogP contribution >= 0.6 is 0 Å². The van der Waals surface area contributed by atoms with Crippen molar-refractivity contribution in [3.63, 3.8) is 0 Å². The molecule has 134 valence electrons. The van der Waals surface area contributed by atoms with Crippen molar-refractivity contribution in [3.8, 4) is 0 Å². The summed E-state index contributed by atoms with van der Waals surface area (Å²) < 4.78 is 13.0. The van der Waals surface area contributed by atoms with Crippen molar-refractivity contribution in [1.82, 2.24) is 10.2 Å². The first-order chi connectivity index (χ1) is 12.5. The highest BCUT2D eigenvalue weighted by atomic mass is 19.1. The summed E-state index contributed by atoms with van der Waals surface area (Å²) in [5, 5.41) is 2.41. The van der Waals surface area contributed by atoms with Crippen molar-refractivity contribution in [2.75, 3.05) is 13.1 Å². The third-order valence-corrected chi connectivity index (χ3v) is 4.45. The Hall–Kier alpha value is -2.86. The van der Waals surface area contributed by atoms with E-state index >= 15 is 0 Å². The van der Waals surface area contributed by atoms with Gasteiger partial charge in [-0.1, -0.05) is 18.2 Å². The predicted molar refractivity (Wildman–Crippen MR) is 94.2 cm³/mol. The first-order valence-corrected chi connectivity index (χ1v) is 8.47. The van der Waals surface area contributed by atoms with Gasteiger partial charge >= 0.3 is 0 Å². The molecule has 0 aliphatic carbocycles. The summed E-state index contributed by atoms with van der Waals surface area (Å²) in [6.07, 6.45) is 1.36. The minimum atomic E-state index is -0.521. The summed E-state index contributed by atoms with van der Waals surface area (Å²) in [6, 6.07) is 13.3. The highest BCUT2D eigenvalue weighted by Gasteiger charge is 2.32. The van der Waals surface area contributed by atoms with E-state index in [2.05, 4.69) is 5.32 Å². The van der Waals surface area contributed by atoms with Gasteiger partial charge in [-0.25, -0.2) is 4.39 Å². The molecule has 26 heavy (non-hydrogen) atoms. The van der Waals surface area contributed by atoms with Crippen LogP contribution in [-0.4, -0.2) is 41.6 Å². The van der Waals surface area contributed by atoms with Crippen molar-refractivity contribution >= 4 is 17.6 Å². The van der Waals surface area contributed by atoms with Gasteiger partial charge in [-0.15, -0.1) is 0 Å². The molecule has 0 radical (unpaired) electrons. The maximum Gasteiger partial charge on any atom is 0.257 e. The normalized spacial score (nSPS) is 17.0. The minimum absolute atomic E-state index is 0.0588. The molecule has 0 unspecified atom stereocenters. The molecule has 5 nitrogen and oxygen atoms in total. The SMILES string of the molecule is O=C(CN1CCC[C@@H]1C(=O)NC(=O)c1ccccc1)c1ccc(F)cc1. The van der Waals surface area contributed by atoms with E-state index in [1.165, 1.54) is 24.3 Å². The Morgan fingerprint density at radius 3 is 2.38 bits per heavy atom. The topological polar surface area (TPSA) is 66.5 Å². The zero-order chi connectivity index (χ0) is 18.5. The van der Waals surface area contributed by atoms with E-state index in [-0.39, 0.29) is 12.3 Å². The van der Waals surface area contributed by atoms with E-state index in [0.717, 1.165) is 6.42 Å². The fraction of sp³-hybridized carbons (Fsp3) is 0.250. The second-order valence-corrected chi connectivity index (χ2v) is 6.24. The molecule has 1 aliphatic heterocycles. The molecular formula is C20H19FN2O3. The number of ketones is 1. The molecule has 0 aromatic heterocycles.